The molecule has 1 N–H and O–H groups in total. The van der Waals surface area contributed by atoms with E-state index in [-0.39, 0.29) is 0 Å². The molecular formula is C9H16N4. The first kappa shape index (κ1) is 8.53. The van der Waals surface area contributed by atoms with Crippen molar-refractivity contribution in [2.75, 3.05) is 18.0 Å². The van der Waals surface area contributed by atoms with Crippen molar-refractivity contribution in [3.05, 3.63) is 5.82 Å². The van der Waals surface area contributed by atoms with Crippen LogP contribution in [0.5, 0.6) is 0 Å². The van der Waals surface area contributed by atoms with Gasteiger partial charge in [-0.05, 0) is 19.3 Å². The van der Waals surface area contributed by atoms with Gasteiger partial charge in [0.05, 0.1) is 0 Å². The maximum absolute atomic E-state index is 4.44. The highest BCUT2D eigenvalue weighted by Gasteiger charge is 2.15. The Bertz CT molecular complexity index is 262. The summed E-state index contributed by atoms with van der Waals surface area (Å²) in [5, 5.41) is 7.19. The van der Waals surface area contributed by atoms with Crippen molar-refractivity contribution in [1.29, 1.82) is 0 Å². The van der Waals surface area contributed by atoms with Gasteiger partial charge in [-0.3, -0.25) is 5.10 Å². The molecule has 4 nitrogen and oxygen atoms in total. The third kappa shape index (κ3) is 1.82. The van der Waals surface area contributed by atoms with E-state index in [2.05, 4.69) is 27.0 Å². The van der Waals surface area contributed by atoms with Crippen LogP contribution in [0.1, 0.15) is 32.0 Å². The average molecular weight is 180 g/mol. The molecule has 4 heteroatoms. The molecule has 1 aromatic rings. The van der Waals surface area contributed by atoms with Crippen LogP contribution in [0.15, 0.2) is 0 Å². The van der Waals surface area contributed by atoms with Gasteiger partial charge in [0.15, 0.2) is 0 Å². The van der Waals surface area contributed by atoms with Crippen LogP contribution < -0.4 is 4.90 Å². The quantitative estimate of drug-likeness (QED) is 0.763. The maximum atomic E-state index is 4.44. The van der Waals surface area contributed by atoms with E-state index in [1.807, 2.05) is 0 Å². The molecule has 2 rings (SSSR count). The molecule has 0 unspecified atom stereocenters. The molecule has 0 bridgehead atoms. The molecule has 0 saturated carbocycles. The zero-order valence-electron chi connectivity index (χ0n) is 8.08. The molecule has 1 aromatic heterocycles. The van der Waals surface area contributed by atoms with Crippen LogP contribution in [0.4, 0.5) is 5.95 Å². The number of nitrogens with zero attached hydrogens (tertiary/aromatic N) is 3. The second-order valence-electron chi connectivity index (χ2n) is 3.53. The summed E-state index contributed by atoms with van der Waals surface area (Å²) in [4.78, 5) is 6.69. The molecule has 1 fully saturated rings. The Morgan fingerprint density at radius 1 is 1.38 bits per heavy atom. The normalized spacial score (nSPS) is 16.8. The maximum Gasteiger partial charge on any atom is 0.244 e. The first-order valence-corrected chi connectivity index (χ1v) is 5.06. The van der Waals surface area contributed by atoms with E-state index < -0.39 is 0 Å². The minimum atomic E-state index is 0.890. The van der Waals surface area contributed by atoms with Crippen molar-refractivity contribution in [3.63, 3.8) is 0 Å². The highest BCUT2D eigenvalue weighted by molar-refractivity contribution is 5.29. The Morgan fingerprint density at radius 3 is 2.85 bits per heavy atom. The summed E-state index contributed by atoms with van der Waals surface area (Å²) in [7, 11) is 0. The predicted molar refractivity (Wildman–Crippen MR) is 51.8 cm³/mol. The number of hydrogen-bond acceptors (Lipinski definition) is 3. The monoisotopic (exact) mass is 180 g/mol. The van der Waals surface area contributed by atoms with Gasteiger partial charge in [0, 0.05) is 19.5 Å². The molecule has 0 aromatic carbocycles. The fourth-order valence-corrected chi connectivity index (χ4v) is 1.69. The van der Waals surface area contributed by atoms with E-state index in [1.54, 1.807) is 0 Å². The summed E-state index contributed by atoms with van der Waals surface area (Å²) in [5.74, 6) is 1.91. The highest BCUT2D eigenvalue weighted by atomic mass is 15.4. The summed E-state index contributed by atoms with van der Waals surface area (Å²) >= 11 is 0. The van der Waals surface area contributed by atoms with Crippen LogP contribution in [0, 0.1) is 0 Å². The fraction of sp³-hybridized carbons (Fsp3) is 0.778. The molecule has 0 atom stereocenters. The highest BCUT2D eigenvalue weighted by Crippen LogP contribution is 2.15. The van der Waals surface area contributed by atoms with Crippen LogP contribution >= 0.6 is 0 Å². The molecule has 1 aliphatic rings. The standard InChI is InChI=1S/C9H16N4/c1-2-5-8-10-9(12-11-8)13-6-3-4-7-13/h2-7H2,1H3,(H,10,11,12). The summed E-state index contributed by atoms with van der Waals surface area (Å²) in [6.45, 7) is 4.38. The molecule has 1 aliphatic heterocycles. The molecule has 1 saturated heterocycles. The number of nitrogens with one attached hydrogen (secondary N) is 1. The van der Waals surface area contributed by atoms with E-state index in [1.165, 1.54) is 12.8 Å². The van der Waals surface area contributed by atoms with Crippen LogP contribution in [0.3, 0.4) is 0 Å². The molecule has 72 valence electrons. The first-order valence-electron chi connectivity index (χ1n) is 5.06. The van der Waals surface area contributed by atoms with E-state index in [0.29, 0.717) is 0 Å². The molecule has 13 heavy (non-hydrogen) atoms. The number of aromatic nitrogens is 3. The number of aromatic amines is 1. The zero-order valence-corrected chi connectivity index (χ0v) is 8.08. The summed E-state index contributed by atoms with van der Waals surface area (Å²) in [6, 6.07) is 0. The van der Waals surface area contributed by atoms with Gasteiger partial charge in [-0.1, -0.05) is 6.92 Å². The van der Waals surface area contributed by atoms with Crippen molar-refractivity contribution < 1.29 is 0 Å². The van der Waals surface area contributed by atoms with Gasteiger partial charge < -0.3 is 4.90 Å². The number of anilines is 1. The predicted octanol–water partition coefficient (Wildman–Crippen LogP) is 1.36. The number of rotatable bonds is 3. The van der Waals surface area contributed by atoms with Gasteiger partial charge in [0.25, 0.3) is 0 Å². The van der Waals surface area contributed by atoms with Gasteiger partial charge in [0.2, 0.25) is 5.95 Å². The number of hydrogen-bond donors (Lipinski definition) is 1. The largest absolute Gasteiger partial charge is 0.340 e. The van der Waals surface area contributed by atoms with Crippen LogP contribution in [-0.4, -0.2) is 28.3 Å². The van der Waals surface area contributed by atoms with Crippen molar-refractivity contribution in [1.82, 2.24) is 15.2 Å². The second kappa shape index (κ2) is 3.77. The Labute approximate surface area is 78.4 Å². The van der Waals surface area contributed by atoms with Crippen molar-refractivity contribution in [2.24, 2.45) is 0 Å². The Hall–Kier alpha value is -1.06. The smallest absolute Gasteiger partial charge is 0.244 e. The van der Waals surface area contributed by atoms with Gasteiger partial charge in [-0.2, -0.15) is 4.98 Å². The third-order valence-corrected chi connectivity index (χ3v) is 2.40. The zero-order chi connectivity index (χ0) is 9.10. The number of H-pyrrole nitrogens is 1. The van der Waals surface area contributed by atoms with Crippen molar-refractivity contribution >= 4 is 5.95 Å². The van der Waals surface area contributed by atoms with Gasteiger partial charge >= 0.3 is 0 Å². The van der Waals surface area contributed by atoms with Crippen LogP contribution in [0.2, 0.25) is 0 Å². The summed E-state index contributed by atoms with van der Waals surface area (Å²) in [5.41, 5.74) is 0. The molecule has 0 spiro atoms. The SMILES string of the molecule is CCCc1nc(N2CCCC2)n[nH]1. The van der Waals surface area contributed by atoms with Crippen molar-refractivity contribution in [2.45, 2.75) is 32.6 Å². The van der Waals surface area contributed by atoms with Gasteiger partial charge in [-0.25, -0.2) is 0 Å². The molecule has 2 heterocycles. The van der Waals surface area contributed by atoms with Crippen LogP contribution in [0.25, 0.3) is 0 Å². The van der Waals surface area contributed by atoms with Gasteiger partial charge in [0.1, 0.15) is 5.82 Å². The summed E-state index contributed by atoms with van der Waals surface area (Å²) in [6.07, 6.45) is 4.67. The Morgan fingerprint density at radius 2 is 2.15 bits per heavy atom. The summed E-state index contributed by atoms with van der Waals surface area (Å²) < 4.78 is 0. The lowest BCUT2D eigenvalue weighted by molar-refractivity contribution is 0.841. The molecular weight excluding hydrogens is 164 g/mol. The van der Waals surface area contributed by atoms with E-state index in [0.717, 1.165) is 37.7 Å². The molecule has 0 amide bonds. The Kier molecular flexibility index (Phi) is 2.47. The molecule has 0 aliphatic carbocycles. The van der Waals surface area contributed by atoms with E-state index >= 15 is 0 Å². The lowest BCUT2D eigenvalue weighted by atomic mass is 10.3. The third-order valence-electron chi connectivity index (χ3n) is 2.40. The minimum absolute atomic E-state index is 0.890. The number of aryl methyl sites for hydroxylation is 1. The molecule has 0 radical (unpaired) electrons. The first-order chi connectivity index (χ1) is 6.40. The van der Waals surface area contributed by atoms with E-state index in [9.17, 15) is 0 Å². The van der Waals surface area contributed by atoms with Crippen LogP contribution in [-0.2, 0) is 6.42 Å². The lowest BCUT2D eigenvalue weighted by Gasteiger charge is -2.10. The Balaban J connectivity index is 2.03. The van der Waals surface area contributed by atoms with Gasteiger partial charge in [-0.15, -0.1) is 5.10 Å². The topological polar surface area (TPSA) is 44.8 Å². The second-order valence-corrected chi connectivity index (χ2v) is 3.53. The van der Waals surface area contributed by atoms with Crippen molar-refractivity contribution in [3.8, 4) is 0 Å². The minimum Gasteiger partial charge on any atom is -0.340 e. The average Bonchev–Trinajstić information content (AvgIpc) is 2.70. The van der Waals surface area contributed by atoms with E-state index in [4.69, 9.17) is 0 Å². The fourth-order valence-electron chi connectivity index (χ4n) is 1.69. The lowest BCUT2D eigenvalue weighted by Crippen LogP contribution is -2.18.